The quantitative estimate of drug-likeness (QED) is 0.625. The molecule has 27 heavy (non-hydrogen) atoms. The van der Waals surface area contributed by atoms with Crippen molar-refractivity contribution in [1.82, 2.24) is 0 Å². The van der Waals surface area contributed by atoms with Gasteiger partial charge in [0.1, 0.15) is 17.9 Å². The maximum absolute atomic E-state index is 12.2. The first-order chi connectivity index (χ1) is 13.1. The Morgan fingerprint density at radius 2 is 1.96 bits per heavy atom. The van der Waals surface area contributed by atoms with Gasteiger partial charge in [0.05, 0.1) is 6.04 Å². The van der Waals surface area contributed by atoms with E-state index in [1.807, 2.05) is 37.3 Å². The summed E-state index contributed by atoms with van der Waals surface area (Å²) in [5.74, 6) is 0.359. The van der Waals surface area contributed by atoms with Gasteiger partial charge >= 0.3 is 5.63 Å². The number of benzene rings is 2. The Bertz CT molecular complexity index is 997. The minimum absolute atomic E-state index is 0.211. The van der Waals surface area contributed by atoms with Crippen molar-refractivity contribution in [2.45, 2.75) is 32.4 Å². The van der Waals surface area contributed by atoms with E-state index in [9.17, 15) is 9.59 Å². The number of hydrogen-bond acceptors (Lipinski definition) is 5. The first-order valence-corrected chi connectivity index (χ1v) is 8.88. The molecule has 2 aromatic carbocycles. The summed E-state index contributed by atoms with van der Waals surface area (Å²) >= 11 is 0. The molecule has 0 aliphatic rings. The Hall–Kier alpha value is -3.12. The van der Waals surface area contributed by atoms with Gasteiger partial charge in [-0.2, -0.15) is 0 Å². The van der Waals surface area contributed by atoms with Crippen LogP contribution in [0.5, 0.6) is 5.75 Å². The molecule has 1 atom stereocenters. The lowest BCUT2D eigenvalue weighted by molar-refractivity contribution is -0.117. The highest BCUT2D eigenvalue weighted by Crippen LogP contribution is 2.22. The maximum Gasteiger partial charge on any atom is 0.336 e. The van der Waals surface area contributed by atoms with Crippen LogP contribution in [-0.4, -0.2) is 11.9 Å². The van der Waals surface area contributed by atoms with Crippen LogP contribution in [0.15, 0.2) is 63.8 Å². The monoisotopic (exact) mass is 366 g/mol. The van der Waals surface area contributed by atoms with Gasteiger partial charge in [-0.25, -0.2) is 4.79 Å². The summed E-state index contributed by atoms with van der Waals surface area (Å²) in [6, 6.07) is 15.3. The standard InChI is InChI=1S/C21H22N2O4/c1-2-5-17(22)21(25)23-18-7-4-3-6-15(18)13-26-16-10-8-14-9-11-20(24)27-19(14)12-16/h3-4,6-12,17H,2,5,13,22H2,1H3,(H,23,25). The largest absolute Gasteiger partial charge is 0.489 e. The normalized spacial score (nSPS) is 11.9. The number of nitrogens with two attached hydrogens (primary N) is 1. The van der Waals surface area contributed by atoms with E-state index in [-0.39, 0.29) is 12.5 Å². The van der Waals surface area contributed by atoms with Gasteiger partial charge in [-0.3, -0.25) is 4.79 Å². The summed E-state index contributed by atoms with van der Waals surface area (Å²) in [5, 5.41) is 3.68. The summed E-state index contributed by atoms with van der Waals surface area (Å²) in [6.45, 7) is 2.24. The van der Waals surface area contributed by atoms with E-state index in [4.69, 9.17) is 14.9 Å². The number of nitrogens with one attached hydrogen (secondary N) is 1. The lowest BCUT2D eigenvalue weighted by atomic mass is 10.1. The zero-order valence-electron chi connectivity index (χ0n) is 15.1. The topological polar surface area (TPSA) is 94.6 Å². The molecule has 140 valence electrons. The summed E-state index contributed by atoms with van der Waals surface area (Å²) in [6.07, 6.45) is 1.48. The third-order valence-corrected chi connectivity index (χ3v) is 4.20. The smallest absolute Gasteiger partial charge is 0.336 e. The van der Waals surface area contributed by atoms with Crippen LogP contribution in [0, 0.1) is 0 Å². The molecule has 0 spiro atoms. The average molecular weight is 366 g/mol. The second kappa shape index (κ2) is 8.51. The molecule has 3 aromatic rings. The molecule has 6 nitrogen and oxygen atoms in total. The van der Waals surface area contributed by atoms with Crippen LogP contribution >= 0.6 is 0 Å². The van der Waals surface area contributed by atoms with Crippen LogP contribution in [0.3, 0.4) is 0 Å². The molecule has 0 saturated carbocycles. The molecule has 3 rings (SSSR count). The average Bonchev–Trinajstić information content (AvgIpc) is 2.67. The molecule has 1 unspecified atom stereocenters. The summed E-state index contributed by atoms with van der Waals surface area (Å²) in [4.78, 5) is 23.6. The lowest BCUT2D eigenvalue weighted by Crippen LogP contribution is -2.35. The van der Waals surface area contributed by atoms with Gasteiger partial charge in [-0.05, 0) is 30.7 Å². The molecule has 0 radical (unpaired) electrons. The maximum atomic E-state index is 12.2. The predicted molar refractivity (Wildman–Crippen MR) is 105 cm³/mol. The Kier molecular flexibility index (Phi) is 5.88. The Labute approximate surface area is 156 Å². The summed E-state index contributed by atoms with van der Waals surface area (Å²) < 4.78 is 11.0. The van der Waals surface area contributed by atoms with Crippen LogP contribution in [0.4, 0.5) is 5.69 Å². The Morgan fingerprint density at radius 3 is 2.78 bits per heavy atom. The molecular weight excluding hydrogens is 344 g/mol. The van der Waals surface area contributed by atoms with Gasteiger partial charge < -0.3 is 20.2 Å². The predicted octanol–water partition coefficient (Wildman–Crippen LogP) is 3.44. The van der Waals surface area contributed by atoms with E-state index in [1.54, 1.807) is 18.2 Å². The van der Waals surface area contributed by atoms with Crippen LogP contribution in [0.25, 0.3) is 11.0 Å². The van der Waals surface area contributed by atoms with Crippen molar-refractivity contribution in [3.63, 3.8) is 0 Å². The van der Waals surface area contributed by atoms with Crippen molar-refractivity contribution < 1.29 is 13.9 Å². The minimum atomic E-state index is -0.535. The molecule has 1 aromatic heterocycles. The zero-order valence-corrected chi connectivity index (χ0v) is 15.1. The van der Waals surface area contributed by atoms with E-state index in [0.29, 0.717) is 23.4 Å². The number of fused-ring (bicyclic) bond motifs is 1. The molecule has 1 amide bonds. The number of hydrogen-bond donors (Lipinski definition) is 2. The highest BCUT2D eigenvalue weighted by atomic mass is 16.5. The van der Waals surface area contributed by atoms with E-state index in [2.05, 4.69) is 5.32 Å². The number of rotatable bonds is 7. The van der Waals surface area contributed by atoms with Crippen LogP contribution < -0.4 is 21.4 Å². The third-order valence-electron chi connectivity index (χ3n) is 4.20. The Morgan fingerprint density at radius 1 is 1.19 bits per heavy atom. The lowest BCUT2D eigenvalue weighted by Gasteiger charge is -2.15. The van der Waals surface area contributed by atoms with Crippen molar-refractivity contribution >= 4 is 22.6 Å². The van der Waals surface area contributed by atoms with Gasteiger partial charge in [-0.15, -0.1) is 0 Å². The molecule has 6 heteroatoms. The Balaban J connectivity index is 1.73. The second-order valence-corrected chi connectivity index (χ2v) is 6.28. The fourth-order valence-electron chi connectivity index (χ4n) is 2.73. The second-order valence-electron chi connectivity index (χ2n) is 6.28. The van der Waals surface area contributed by atoms with Gasteiger partial charge in [-0.1, -0.05) is 31.5 Å². The highest BCUT2D eigenvalue weighted by molar-refractivity contribution is 5.95. The molecule has 1 heterocycles. The third kappa shape index (κ3) is 4.74. The number of para-hydroxylation sites is 1. The molecule has 0 bridgehead atoms. The van der Waals surface area contributed by atoms with Gasteiger partial charge in [0.2, 0.25) is 5.91 Å². The summed E-state index contributed by atoms with van der Waals surface area (Å²) in [5.41, 5.74) is 7.43. The number of ether oxygens (including phenoxy) is 1. The van der Waals surface area contributed by atoms with E-state index in [1.165, 1.54) is 6.07 Å². The van der Waals surface area contributed by atoms with Crippen molar-refractivity contribution in [2.24, 2.45) is 5.73 Å². The molecule has 3 N–H and O–H groups in total. The minimum Gasteiger partial charge on any atom is -0.489 e. The van der Waals surface area contributed by atoms with Crippen molar-refractivity contribution in [1.29, 1.82) is 0 Å². The van der Waals surface area contributed by atoms with Gasteiger partial charge in [0, 0.05) is 28.8 Å². The van der Waals surface area contributed by atoms with Crippen molar-refractivity contribution in [3.8, 4) is 5.75 Å². The fraction of sp³-hybridized carbons (Fsp3) is 0.238. The van der Waals surface area contributed by atoms with E-state index < -0.39 is 11.7 Å². The summed E-state index contributed by atoms with van der Waals surface area (Å²) in [7, 11) is 0. The van der Waals surface area contributed by atoms with Gasteiger partial charge in [0.25, 0.3) is 0 Å². The number of anilines is 1. The first kappa shape index (κ1) is 18.7. The van der Waals surface area contributed by atoms with Gasteiger partial charge in [0.15, 0.2) is 0 Å². The molecule has 0 aliphatic heterocycles. The molecule has 0 fully saturated rings. The van der Waals surface area contributed by atoms with Crippen molar-refractivity contribution in [2.75, 3.05) is 5.32 Å². The van der Waals surface area contributed by atoms with Crippen molar-refractivity contribution in [3.05, 3.63) is 70.6 Å². The van der Waals surface area contributed by atoms with Crippen LogP contribution in [0.1, 0.15) is 25.3 Å². The number of amides is 1. The molecule has 0 saturated heterocycles. The zero-order chi connectivity index (χ0) is 19.2. The first-order valence-electron chi connectivity index (χ1n) is 8.88. The van der Waals surface area contributed by atoms with Crippen LogP contribution in [-0.2, 0) is 11.4 Å². The van der Waals surface area contributed by atoms with Crippen LogP contribution in [0.2, 0.25) is 0 Å². The number of carbonyl (C=O) groups is 1. The number of carbonyl (C=O) groups excluding carboxylic acids is 1. The van der Waals surface area contributed by atoms with E-state index in [0.717, 1.165) is 17.4 Å². The highest BCUT2D eigenvalue weighted by Gasteiger charge is 2.14. The fourth-order valence-corrected chi connectivity index (χ4v) is 2.73. The molecule has 0 aliphatic carbocycles. The van der Waals surface area contributed by atoms with E-state index >= 15 is 0 Å². The SMILES string of the molecule is CCCC(N)C(=O)Nc1ccccc1COc1ccc2ccc(=O)oc2c1. The molecular formula is C21H22N2O4.